The van der Waals surface area contributed by atoms with Gasteiger partial charge < -0.3 is 14.8 Å². The van der Waals surface area contributed by atoms with E-state index in [1.165, 1.54) is 0 Å². The summed E-state index contributed by atoms with van der Waals surface area (Å²) in [6.07, 6.45) is 3.63. The fraction of sp³-hybridized carbons (Fsp3) is 1.00. The molecule has 0 amide bonds. The van der Waals surface area contributed by atoms with Crippen molar-refractivity contribution in [1.29, 1.82) is 0 Å². The molecule has 1 fully saturated rings. The van der Waals surface area contributed by atoms with Gasteiger partial charge in [-0.15, -0.1) is 0 Å². The summed E-state index contributed by atoms with van der Waals surface area (Å²) in [5.41, 5.74) is 0. The topological polar surface area (TPSA) is 76.7 Å². The van der Waals surface area contributed by atoms with Gasteiger partial charge in [-0.3, -0.25) is 0 Å². The Bertz CT molecular complexity index is 329. The van der Waals surface area contributed by atoms with Crippen LogP contribution in [0.2, 0.25) is 0 Å². The van der Waals surface area contributed by atoms with Crippen molar-refractivity contribution >= 4 is 10.0 Å². The zero-order valence-electron chi connectivity index (χ0n) is 12.4. The Balaban J connectivity index is 2.02. The first-order chi connectivity index (χ1) is 9.64. The quantitative estimate of drug-likeness (QED) is 0.539. The predicted octanol–water partition coefficient (Wildman–Crippen LogP) is 0.349. The second-order valence-corrected chi connectivity index (χ2v) is 7.08. The third-order valence-corrected chi connectivity index (χ3v) is 4.89. The van der Waals surface area contributed by atoms with Crippen molar-refractivity contribution in [2.24, 2.45) is 5.92 Å². The summed E-state index contributed by atoms with van der Waals surface area (Å²) in [4.78, 5) is 0. The van der Waals surface area contributed by atoms with Gasteiger partial charge in [-0.25, -0.2) is 13.1 Å². The first-order valence-corrected chi connectivity index (χ1v) is 9.04. The van der Waals surface area contributed by atoms with E-state index in [0.29, 0.717) is 38.7 Å². The molecule has 1 rings (SSSR count). The minimum atomic E-state index is -3.13. The SMILES string of the molecule is COCCOCCCNS(=O)(=O)CCC1CCNCC1. The smallest absolute Gasteiger partial charge is 0.211 e. The molecule has 0 saturated carbocycles. The van der Waals surface area contributed by atoms with Crippen LogP contribution in [0.5, 0.6) is 0 Å². The fourth-order valence-corrected chi connectivity index (χ4v) is 3.45. The van der Waals surface area contributed by atoms with Crippen LogP contribution in [0, 0.1) is 5.92 Å². The Kier molecular flexibility index (Phi) is 9.37. The summed E-state index contributed by atoms with van der Waals surface area (Å²) in [6.45, 7) is 4.15. The van der Waals surface area contributed by atoms with Crippen molar-refractivity contribution in [1.82, 2.24) is 10.0 Å². The molecule has 1 aliphatic rings. The zero-order valence-corrected chi connectivity index (χ0v) is 13.2. The number of hydrogen-bond acceptors (Lipinski definition) is 5. The highest BCUT2D eigenvalue weighted by Crippen LogP contribution is 2.16. The molecule has 0 bridgehead atoms. The fourth-order valence-electron chi connectivity index (χ4n) is 2.21. The van der Waals surface area contributed by atoms with Gasteiger partial charge in [0, 0.05) is 20.3 Å². The van der Waals surface area contributed by atoms with Crippen LogP contribution in [0.15, 0.2) is 0 Å². The summed E-state index contributed by atoms with van der Waals surface area (Å²) in [5, 5.41) is 3.29. The summed E-state index contributed by atoms with van der Waals surface area (Å²) in [7, 11) is -1.50. The molecule has 0 unspecified atom stereocenters. The molecular formula is C13H28N2O4S. The minimum absolute atomic E-state index is 0.238. The number of methoxy groups -OCH3 is 1. The van der Waals surface area contributed by atoms with E-state index in [1.54, 1.807) is 7.11 Å². The van der Waals surface area contributed by atoms with E-state index in [-0.39, 0.29) is 5.75 Å². The lowest BCUT2D eigenvalue weighted by Gasteiger charge is -2.22. The van der Waals surface area contributed by atoms with E-state index in [0.717, 1.165) is 32.4 Å². The molecule has 0 aromatic rings. The van der Waals surface area contributed by atoms with Crippen molar-refractivity contribution < 1.29 is 17.9 Å². The Morgan fingerprint density at radius 2 is 1.95 bits per heavy atom. The largest absolute Gasteiger partial charge is 0.382 e. The van der Waals surface area contributed by atoms with Crippen molar-refractivity contribution in [3.8, 4) is 0 Å². The van der Waals surface area contributed by atoms with Crippen LogP contribution >= 0.6 is 0 Å². The van der Waals surface area contributed by atoms with Gasteiger partial charge in [0.25, 0.3) is 0 Å². The number of ether oxygens (including phenoxy) is 2. The Morgan fingerprint density at radius 1 is 1.20 bits per heavy atom. The highest BCUT2D eigenvalue weighted by molar-refractivity contribution is 7.89. The summed E-state index contributed by atoms with van der Waals surface area (Å²) >= 11 is 0. The van der Waals surface area contributed by atoms with Crippen molar-refractivity contribution in [2.45, 2.75) is 25.7 Å². The molecule has 1 saturated heterocycles. The first kappa shape index (κ1) is 17.8. The van der Waals surface area contributed by atoms with Crippen LogP contribution in [-0.2, 0) is 19.5 Å². The normalized spacial score (nSPS) is 17.4. The van der Waals surface area contributed by atoms with Gasteiger partial charge in [-0.05, 0) is 44.7 Å². The molecular weight excluding hydrogens is 280 g/mol. The second kappa shape index (κ2) is 10.5. The molecule has 120 valence electrons. The summed E-state index contributed by atoms with van der Waals surface area (Å²) < 4.78 is 36.4. The lowest BCUT2D eigenvalue weighted by atomic mass is 9.96. The van der Waals surface area contributed by atoms with Gasteiger partial charge in [0.2, 0.25) is 10.0 Å². The number of nitrogens with one attached hydrogen (secondary N) is 2. The maximum Gasteiger partial charge on any atom is 0.211 e. The molecule has 1 aliphatic heterocycles. The van der Waals surface area contributed by atoms with E-state index >= 15 is 0 Å². The molecule has 7 heteroatoms. The molecule has 0 aliphatic carbocycles. The molecule has 1 heterocycles. The second-order valence-electron chi connectivity index (χ2n) is 5.15. The van der Waals surface area contributed by atoms with E-state index in [4.69, 9.17) is 9.47 Å². The van der Waals surface area contributed by atoms with Crippen LogP contribution in [0.25, 0.3) is 0 Å². The third kappa shape index (κ3) is 8.86. The predicted molar refractivity (Wildman–Crippen MR) is 79.3 cm³/mol. The van der Waals surface area contributed by atoms with Gasteiger partial charge in [0.15, 0.2) is 0 Å². The van der Waals surface area contributed by atoms with Crippen LogP contribution in [-0.4, -0.2) is 60.7 Å². The van der Waals surface area contributed by atoms with Gasteiger partial charge in [-0.2, -0.15) is 0 Å². The Hall–Kier alpha value is -0.210. The lowest BCUT2D eigenvalue weighted by molar-refractivity contribution is 0.0699. The Morgan fingerprint density at radius 3 is 2.65 bits per heavy atom. The van der Waals surface area contributed by atoms with Crippen LogP contribution in [0.4, 0.5) is 0 Å². The molecule has 0 aromatic heterocycles. The summed E-state index contributed by atoms with van der Waals surface area (Å²) in [6, 6.07) is 0. The van der Waals surface area contributed by atoms with Gasteiger partial charge in [0.1, 0.15) is 0 Å². The standard InChI is InChI=1S/C13H28N2O4S/c1-18-10-11-19-9-2-6-15-20(16,17)12-5-13-3-7-14-8-4-13/h13-15H,2-12H2,1H3. The van der Waals surface area contributed by atoms with Crippen LogP contribution in [0.1, 0.15) is 25.7 Å². The van der Waals surface area contributed by atoms with Crippen LogP contribution < -0.4 is 10.0 Å². The molecule has 0 atom stereocenters. The average molecular weight is 308 g/mol. The molecule has 0 radical (unpaired) electrons. The first-order valence-electron chi connectivity index (χ1n) is 7.39. The van der Waals surface area contributed by atoms with E-state index < -0.39 is 10.0 Å². The summed E-state index contributed by atoms with van der Waals surface area (Å²) in [5.74, 6) is 0.785. The van der Waals surface area contributed by atoms with Crippen LogP contribution in [0.3, 0.4) is 0 Å². The van der Waals surface area contributed by atoms with E-state index in [9.17, 15) is 8.42 Å². The van der Waals surface area contributed by atoms with E-state index in [2.05, 4.69) is 10.0 Å². The molecule has 0 spiro atoms. The van der Waals surface area contributed by atoms with Crippen molar-refractivity contribution in [3.05, 3.63) is 0 Å². The highest BCUT2D eigenvalue weighted by atomic mass is 32.2. The average Bonchev–Trinajstić information content (AvgIpc) is 2.45. The molecule has 20 heavy (non-hydrogen) atoms. The third-order valence-electron chi connectivity index (χ3n) is 3.47. The van der Waals surface area contributed by atoms with Crippen molar-refractivity contribution in [3.63, 3.8) is 0 Å². The maximum absolute atomic E-state index is 11.8. The van der Waals surface area contributed by atoms with Crippen molar-refractivity contribution in [2.75, 3.05) is 52.3 Å². The number of piperidine rings is 1. The van der Waals surface area contributed by atoms with Gasteiger partial charge in [0.05, 0.1) is 19.0 Å². The molecule has 6 nitrogen and oxygen atoms in total. The van der Waals surface area contributed by atoms with Gasteiger partial charge in [-0.1, -0.05) is 0 Å². The zero-order chi connectivity index (χ0) is 14.7. The monoisotopic (exact) mass is 308 g/mol. The molecule has 2 N–H and O–H groups in total. The minimum Gasteiger partial charge on any atom is -0.382 e. The highest BCUT2D eigenvalue weighted by Gasteiger charge is 2.17. The molecule has 0 aromatic carbocycles. The Labute approximate surface area is 122 Å². The van der Waals surface area contributed by atoms with E-state index in [1.807, 2.05) is 0 Å². The number of sulfonamides is 1. The number of rotatable bonds is 11. The maximum atomic E-state index is 11.8. The van der Waals surface area contributed by atoms with Gasteiger partial charge >= 0.3 is 0 Å². The lowest BCUT2D eigenvalue weighted by Crippen LogP contribution is -2.32. The number of hydrogen-bond donors (Lipinski definition) is 2.